The zero-order valence-electron chi connectivity index (χ0n) is 15.8. The molecule has 1 nitrogen and oxygen atoms in total. The van der Waals surface area contributed by atoms with Gasteiger partial charge in [-0.25, -0.2) is 0 Å². The third-order valence-corrected chi connectivity index (χ3v) is 4.86. The maximum atomic E-state index is 9.47. The summed E-state index contributed by atoms with van der Waals surface area (Å²) in [5.41, 5.74) is 0. The van der Waals surface area contributed by atoms with Gasteiger partial charge in [-0.15, -0.1) is 0 Å². The van der Waals surface area contributed by atoms with Gasteiger partial charge in [0.15, 0.2) is 0 Å². The largest absolute Gasteiger partial charge is 0.393 e. The fraction of sp³-hybridized carbons (Fsp3) is 1.00. The summed E-state index contributed by atoms with van der Waals surface area (Å²) in [6, 6.07) is 0. The van der Waals surface area contributed by atoms with Gasteiger partial charge in [-0.1, -0.05) is 117 Å². The molecule has 0 aliphatic carbocycles. The van der Waals surface area contributed by atoms with Crippen LogP contribution >= 0.6 is 0 Å². The number of hydrogen-bond acceptors (Lipinski definition) is 1. The molecular weight excluding hydrogens is 268 g/mol. The van der Waals surface area contributed by atoms with Crippen molar-refractivity contribution in [2.24, 2.45) is 0 Å². The topological polar surface area (TPSA) is 20.2 Å². The Morgan fingerprint density at radius 2 is 0.818 bits per heavy atom. The van der Waals surface area contributed by atoms with Crippen LogP contribution in [0.3, 0.4) is 0 Å². The Bertz CT molecular complexity index is 190. The average molecular weight is 313 g/mol. The van der Waals surface area contributed by atoms with Crippen LogP contribution in [0.15, 0.2) is 0 Å². The van der Waals surface area contributed by atoms with Gasteiger partial charge in [-0.2, -0.15) is 0 Å². The molecule has 0 amide bonds. The summed E-state index contributed by atoms with van der Waals surface area (Å²) in [7, 11) is 0. The second-order valence-electron chi connectivity index (χ2n) is 7.15. The van der Waals surface area contributed by atoms with E-state index in [-0.39, 0.29) is 6.10 Å². The SMILES string of the molecule is CCCCCCCCCCCCCCCCCC[C@H](O)CC. The summed E-state index contributed by atoms with van der Waals surface area (Å²) in [6.45, 7) is 4.36. The van der Waals surface area contributed by atoms with E-state index in [2.05, 4.69) is 13.8 Å². The summed E-state index contributed by atoms with van der Waals surface area (Å²) >= 11 is 0. The molecule has 0 aliphatic heterocycles. The van der Waals surface area contributed by atoms with Crippen LogP contribution < -0.4 is 0 Å². The van der Waals surface area contributed by atoms with Gasteiger partial charge in [0.2, 0.25) is 0 Å². The van der Waals surface area contributed by atoms with Crippen molar-refractivity contribution in [3.8, 4) is 0 Å². The predicted molar refractivity (Wildman–Crippen MR) is 100 cm³/mol. The fourth-order valence-corrected chi connectivity index (χ4v) is 3.13. The second kappa shape index (κ2) is 19.0. The Labute approximate surface area is 141 Å². The van der Waals surface area contributed by atoms with Crippen LogP contribution in [0.5, 0.6) is 0 Å². The Kier molecular flexibility index (Phi) is 19.0. The van der Waals surface area contributed by atoms with Gasteiger partial charge in [0.1, 0.15) is 0 Å². The molecule has 0 radical (unpaired) electrons. The lowest BCUT2D eigenvalue weighted by Gasteiger charge is -2.06. The Morgan fingerprint density at radius 1 is 0.500 bits per heavy atom. The highest BCUT2D eigenvalue weighted by Crippen LogP contribution is 2.14. The van der Waals surface area contributed by atoms with E-state index in [1.165, 1.54) is 103 Å². The van der Waals surface area contributed by atoms with E-state index < -0.39 is 0 Å². The van der Waals surface area contributed by atoms with E-state index in [4.69, 9.17) is 0 Å². The molecule has 134 valence electrons. The van der Waals surface area contributed by atoms with E-state index in [1.807, 2.05) is 0 Å². The number of aliphatic hydroxyl groups is 1. The van der Waals surface area contributed by atoms with Crippen LogP contribution in [0, 0.1) is 0 Å². The number of rotatable bonds is 18. The molecule has 0 aromatic heterocycles. The lowest BCUT2D eigenvalue weighted by atomic mass is 10.0. The lowest BCUT2D eigenvalue weighted by molar-refractivity contribution is 0.156. The van der Waals surface area contributed by atoms with Gasteiger partial charge in [-0.3, -0.25) is 0 Å². The summed E-state index contributed by atoms with van der Waals surface area (Å²) < 4.78 is 0. The molecule has 0 rings (SSSR count). The van der Waals surface area contributed by atoms with Crippen LogP contribution in [0.4, 0.5) is 0 Å². The molecule has 0 saturated carbocycles. The molecule has 0 aromatic carbocycles. The highest BCUT2D eigenvalue weighted by molar-refractivity contribution is 4.54. The zero-order chi connectivity index (χ0) is 16.3. The first kappa shape index (κ1) is 22.0. The van der Waals surface area contributed by atoms with Crippen molar-refractivity contribution in [1.82, 2.24) is 0 Å². The minimum absolute atomic E-state index is 0.0494. The molecule has 0 saturated heterocycles. The summed E-state index contributed by atoms with van der Waals surface area (Å²) in [5.74, 6) is 0. The summed E-state index contributed by atoms with van der Waals surface area (Å²) in [5, 5.41) is 9.47. The molecule has 0 heterocycles. The van der Waals surface area contributed by atoms with Crippen molar-refractivity contribution in [2.45, 2.75) is 136 Å². The van der Waals surface area contributed by atoms with Crippen LogP contribution in [0.2, 0.25) is 0 Å². The van der Waals surface area contributed by atoms with Crippen LogP contribution in [0.1, 0.15) is 129 Å². The van der Waals surface area contributed by atoms with Crippen LogP contribution in [0.25, 0.3) is 0 Å². The second-order valence-corrected chi connectivity index (χ2v) is 7.15. The Morgan fingerprint density at radius 3 is 1.14 bits per heavy atom. The molecule has 0 spiro atoms. The van der Waals surface area contributed by atoms with Crippen molar-refractivity contribution in [1.29, 1.82) is 0 Å². The van der Waals surface area contributed by atoms with Crippen molar-refractivity contribution in [3.05, 3.63) is 0 Å². The monoisotopic (exact) mass is 312 g/mol. The maximum absolute atomic E-state index is 9.47. The molecular formula is C21H44O. The van der Waals surface area contributed by atoms with Gasteiger partial charge in [0.05, 0.1) is 6.10 Å². The van der Waals surface area contributed by atoms with E-state index in [9.17, 15) is 5.11 Å². The molecule has 0 aliphatic rings. The highest BCUT2D eigenvalue weighted by atomic mass is 16.3. The van der Waals surface area contributed by atoms with E-state index in [0.29, 0.717) is 0 Å². The number of aliphatic hydroxyl groups excluding tert-OH is 1. The molecule has 0 fully saturated rings. The van der Waals surface area contributed by atoms with E-state index in [1.54, 1.807) is 0 Å². The third kappa shape index (κ3) is 18.0. The molecule has 0 aromatic rings. The van der Waals surface area contributed by atoms with Gasteiger partial charge in [0.25, 0.3) is 0 Å². The third-order valence-electron chi connectivity index (χ3n) is 4.86. The fourth-order valence-electron chi connectivity index (χ4n) is 3.13. The summed E-state index contributed by atoms with van der Waals surface area (Å²) in [6.07, 6.45) is 24.5. The van der Waals surface area contributed by atoms with Gasteiger partial charge in [0, 0.05) is 0 Å². The van der Waals surface area contributed by atoms with E-state index >= 15 is 0 Å². The normalized spacial score (nSPS) is 12.7. The molecule has 1 heteroatoms. The van der Waals surface area contributed by atoms with Gasteiger partial charge < -0.3 is 5.11 Å². The minimum atomic E-state index is -0.0494. The van der Waals surface area contributed by atoms with Gasteiger partial charge in [-0.05, 0) is 12.8 Å². The van der Waals surface area contributed by atoms with Crippen LogP contribution in [-0.4, -0.2) is 11.2 Å². The first-order valence-corrected chi connectivity index (χ1v) is 10.5. The predicted octanol–water partition coefficient (Wildman–Crippen LogP) is 7.41. The average Bonchev–Trinajstić information content (AvgIpc) is 2.54. The Hall–Kier alpha value is -0.0400. The van der Waals surface area contributed by atoms with E-state index in [0.717, 1.165) is 12.8 Å². The smallest absolute Gasteiger partial charge is 0.0537 e. The lowest BCUT2D eigenvalue weighted by Crippen LogP contribution is -2.03. The Balaban J connectivity index is 2.97. The highest BCUT2D eigenvalue weighted by Gasteiger charge is 1.99. The van der Waals surface area contributed by atoms with Crippen molar-refractivity contribution >= 4 is 0 Å². The zero-order valence-corrected chi connectivity index (χ0v) is 15.8. The molecule has 1 atom stereocenters. The van der Waals surface area contributed by atoms with Crippen molar-refractivity contribution in [3.63, 3.8) is 0 Å². The van der Waals surface area contributed by atoms with Gasteiger partial charge >= 0.3 is 0 Å². The first-order chi connectivity index (χ1) is 10.8. The number of unbranched alkanes of at least 4 members (excludes halogenated alkanes) is 15. The molecule has 0 unspecified atom stereocenters. The van der Waals surface area contributed by atoms with Crippen molar-refractivity contribution in [2.75, 3.05) is 0 Å². The maximum Gasteiger partial charge on any atom is 0.0537 e. The standard InChI is InChI=1S/C21H44O/c1-3-5-6-7-8-9-10-11-12-13-14-15-16-17-18-19-20-21(22)4-2/h21-22H,3-20H2,1-2H3/t21-/m1/s1. The number of hydrogen-bond donors (Lipinski definition) is 1. The summed E-state index contributed by atoms with van der Waals surface area (Å²) in [4.78, 5) is 0. The van der Waals surface area contributed by atoms with Crippen molar-refractivity contribution < 1.29 is 5.11 Å². The molecule has 22 heavy (non-hydrogen) atoms. The van der Waals surface area contributed by atoms with Crippen LogP contribution in [-0.2, 0) is 0 Å². The first-order valence-electron chi connectivity index (χ1n) is 10.5. The molecule has 0 bridgehead atoms. The minimum Gasteiger partial charge on any atom is -0.393 e. The quantitative estimate of drug-likeness (QED) is 0.261. The molecule has 1 N–H and O–H groups in total.